The average molecular weight is 324 g/mol. The number of aliphatic imine (C=N–C) groups is 1. The van der Waals surface area contributed by atoms with Gasteiger partial charge in [0.25, 0.3) is 0 Å². The monoisotopic (exact) mass is 323 g/mol. The van der Waals surface area contributed by atoms with Crippen molar-refractivity contribution >= 4 is 17.7 Å². The van der Waals surface area contributed by atoms with Crippen molar-refractivity contribution in [3.05, 3.63) is 29.3 Å². The highest BCUT2D eigenvalue weighted by molar-refractivity contribution is 7.99. The van der Waals surface area contributed by atoms with Crippen LogP contribution in [-0.4, -0.2) is 37.7 Å². The summed E-state index contributed by atoms with van der Waals surface area (Å²) < 4.78 is 5.85. The zero-order valence-electron chi connectivity index (χ0n) is 14.4. The van der Waals surface area contributed by atoms with Crippen LogP contribution in [0, 0.1) is 6.92 Å². The lowest BCUT2D eigenvalue weighted by Crippen LogP contribution is -2.39. The standard InChI is InChI=1S/C17H29N3OS/c1-6-9-21-16-10-13(2)7-8-15(16)12-20-17(18-4)19-11-14(3)22-5/h7-8,10,14H,6,9,11-12H2,1-5H3,(H2,18,19,20). The van der Waals surface area contributed by atoms with Crippen LogP contribution in [0.3, 0.4) is 0 Å². The van der Waals surface area contributed by atoms with Crippen LogP contribution in [0.5, 0.6) is 5.75 Å². The molecule has 0 aliphatic heterocycles. The number of aryl methyl sites for hydroxylation is 1. The van der Waals surface area contributed by atoms with Crippen molar-refractivity contribution in [2.75, 3.05) is 26.5 Å². The molecule has 0 bridgehead atoms. The van der Waals surface area contributed by atoms with E-state index in [4.69, 9.17) is 4.74 Å². The second-order valence-corrected chi connectivity index (χ2v) is 6.59. The average Bonchev–Trinajstić information content (AvgIpc) is 2.53. The highest BCUT2D eigenvalue weighted by Crippen LogP contribution is 2.20. The molecular weight excluding hydrogens is 294 g/mol. The van der Waals surface area contributed by atoms with Gasteiger partial charge >= 0.3 is 0 Å². The zero-order chi connectivity index (χ0) is 16.4. The molecule has 1 aromatic rings. The van der Waals surface area contributed by atoms with E-state index in [2.05, 4.69) is 60.9 Å². The third-order valence-corrected chi connectivity index (χ3v) is 4.28. The summed E-state index contributed by atoms with van der Waals surface area (Å²) in [6, 6.07) is 6.32. The highest BCUT2D eigenvalue weighted by atomic mass is 32.2. The Morgan fingerprint density at radius 3 is 2.77 bits per heavy atom. The molecule has 1 unspecified atom stereocenters. The fourth-order valence-corrected chi connectivity index (χ4v) is 2.13. The van der Waals surface area contributed by atoms with E-state index in [0.29, 0.717) is 11.8 Å². The second kappa shape index (κ2) is 10.4. The van der Waals surface area contributed by atoms with Crippen molar-refractivity contribution in [3.63, 3.8) is 0 Å². The Balaban J connectivity index is 2.61. The molecular formula is C17H29N3OS. The van der Waals surface area contributed by atoms with Gasteiger partial charge in [0, 0.05) is 31.0 Å². The van der Waals surface area contributed by atoms with Crippen LogP contribution in [0.1, 0.15) is 31.4 Å². The van der Waals surface area contributed by atoms with Gasteiger partial charge in [-0.25, -0.2) is 0 Å². The first-order valence-corrected chi connectivity index (χ1v) is 9.09. The molecule has 0 fully saturated rings. The van der Waals surface area contributed by atoms with Gasteiger partial charge < -0.3 is 15.4 Å². The molecule has 124 valence electrons. The van der Waals surface area contributed by atoms with Crippen LogP contribution >= 0.6 is 11.8 Å². The van der Waals surface area contributed by atoms with E-state index in [1.165, 1.54) is 5.56 Å². The molecule has 0 amide bonds. The molecule has 0 saturated carbocycles. The Labute approximate surface area is 139 Å². The van der Waals surface area contributed by atoms with Crippen molar-refractivity contribution in [1.29, 1.82) is 0 Å². The van der Waals surface area contributed by atoms with Crippen molar-refractivity contribution in [1.82, 2.24) is 10.6 Å². The first-order valence-electron chi connectivity index (χ1n) is 7.80. The van der Waals surface area contributed by atoms with Gasteiger partial charge in [0.05, 0.1) is 6.61 Å². The first-order chi connectivity index (χ1) is 10.6. The quantitative estimate of drug-likeness (QED) is 0.570. The molecule has 0 aliphatic carbocycles. The lowest BCUT2D eigenvalue weighted by Gasteiger charge is -2.16. The predicted molar refractivity (Wildman–Crippen MR) is 98.1 cm³/mol. The normalized spacial score (nSPS) is 12.9. The molecule has 0 aliphatic rings. The number of benzene rings is 1. The number of hydrogen-bond donors (Lipinski definition) is 2. The van der Waals surface area contributed by atoms with Crippen molar-refractivity contribution in [3.8, 4) is 5.75 Å². The van der Waals surface area contributed by atoms with E-state index in [1.807, 2.05) is 11.8 Å². The summed E-state index contributed by atoms with van der Waals surface area (Å²) in [6.45, 7) is 8.74. The number of rotatable bonds is 8. The summed E-state index contributed by atoms with van der Waals surface area (Å²) in [6.07, 6.45) is 3.13. The molecule has 22 heavy (non-hydrogen) atoms. The third kappa shape index (κ3) is 6.60. The second-order valence-electron chi connectivity index (χ2n) is 5.31. The topological polar surface area (TPSA) is 45.6 Å². The summed E-state index contributed by atoms with van der Waals surface area (Å²) >= 11 is 1.84. The number of nitrogens with zero attached hydrogens (tertiary/aromatic N) is 1. The van der Waals surface area contributed by atoms with Crippen LogP contribution in [-0.2, 0) is 6.54 Å². The van der Waals surface area contributed by atoms with Gasteiger partial charge in [0.15, 0.2) is 5.96 Å². The summed E-state index contributed by atoms with van der Waals surface area (Å²) in [4.78, 5) is 4.26. The lowest BCUT2D eigenvalue weighted by molar-refractivity contribution is 0.313. The largest absolute Gasteiger partial charge is 0.493 e. The van der Waals surface area contributed by atoms with Gasteiger partial charge in [-0.15, -0.1) is 0 Å². The van der Waals surface area contributed by atoms with E-state index in [-0.39, 0.29) is 0 Å². The number of thioether (sulfide) groups is 1. The SMILES string of the molecule is CCCOc1cc(C)ccc1CNC(=NC)NCC(C)SC. The maximum atomic E-state index is 5.85. The van der Waals surface area contributed by atoms with E-state index in [0.717, 1.165) is 36.8 Å². The highest BCUT2D eigenvalue weighted by Gasteiger charge is 2.06. The van der Waals surface area contributed by atoms with Gasteiger partial charge in [-0.05, 0) is 31.2 Å². The molecule has 0 spiro atoms. The summed E-state index contributed by atoms with van der Waals surface area (Å²) in [7, 11) is 1.79. The molecule has 0 heterocycles. The van der Waals surface area contributed by atoms with Gasteiger partial charge in [0.2, 0.25) is 0 Å². The molecule has 4 nitrogen and oxygen atoms in total. The fourth-order valence-electron chi connectivity index (χ4n) is 1.88. The van der Waals surface area contributed by atoms with Crippen molar-refractivity contribution in [2.45, 2.75) is 39.0 Å². The molecule has 1 aromatic carbocycles. The van der Waals surface area contributed by atoms with Crippen molar-refractivity contribution < 1.29 is 4.74 Å². The number of hydrogen-bond acceptors (Lipinski definition) is 3. The molecule has 0 saturated heterocycles. The third-order valence-electron chi connectivity index (χ3n) is 3.31. The van der Waals surface area contributed by atoms with E-state index >= 15 is 0 Å². The summed E-state index contributed by atoms with van der Waals surface area (Å²) in [5, 5.41) is 7.25. The maximum Gasteiger partial charge on any atom is 0.191 e. The van der Waals surface area contributed by atoms with Gasteiger partial charge in [-0.3, -0.25) is 4.99 Å². The smallest absolute Gasteiger partial charge is 0.191 e. The number of guanidine groups is 1. The van der Waals surface area contributed by atoms with Gasteiger partial charge in [-0.2, -0.15) is 11.8 Å². The Bertz CT molecular complexity index is 477. The van der Waals surface area contributed by atoms with Crippen LogP contribution < -0.4 is 15.4 Å². The van der Waals surface area contributed by atoms with E-state index in [1.54, 1.807) is 7.05 Å². The Morgan fingerprint density at radius 1 is 1.36 bits per heavy atom. The molecule has 2 N–H and O–H groups in total. The minimum Gasteiger partial charge on any atom is -0.493 e. The van der Waals surface area contributed by atoms with Gasteiger partial charge in [0.1, 0.15) is 5.75 Å². The van der Waals surface area contributed by atoms with E-state index < -0.39 is 0 Å². The molecule has 0 radical (unpaired) electrons. The number of nitrogens with one attached hydrogen (secondary N) is 2. The Kier molecular flexibility index (Phi) is 8.82. The van der Waals surface area contributed by atoms with Gasteiger partial charge in [-0.1, -0.05) is 26.0 Å². The van der Waals surface area contributed by atoms with Crippen LogP contribution in [0.4, 0.5) is 0 Å². The summed E-state index contributed by atoms with van der Waals surface area (Å²) in [5.74, 6) is 1.78. The zero-order valence-corrected chi connectivity index (χ0v) is 15.2. The molecule has 1 rings (SSSR count). The van der Waals surface area contributed by atoms with Crippen LogP contribution in [0.15, 0.2) is 23.2 Å². The Morgan fingerprint density at radius 2 is 2.14 bits per heavy atom. The van der Waals surface area contributed by atoms with Crippen molar-refractivity contribution in [2.24, 2.45) is 4.99 Å². The first kappa shape index (κ1) is 18.7. The lowest BCUT2D eigenvalue weighted by atomic mass is 10.1. The van der Waals surface area contributed by atoms with Crippen LogP contribution in [0.2, 0.25) is 0 Å². The van der Waals surface area contributed by atoms with E-state index in [9.17, 15) is 0 Å². The maximum absolute atomic E-state index is 5.85. The number of ether oxygens (including phenoxy) is 1. The summed E-state index contributed by atoms with van der Waals surface area (Å²) in [5.41, 5.74) is 2.37. The molecule has 5 heteroatoms. The Hall–Kier alpha value is -1.36. The van der Waals surface area contributed by atoms with Crippen LogP contribution in [0.25, 0.3) is 0 Å². The predicted octanol–water partition coefficient (Wildman–Crippen LogP) is 3.20. The fraction of sp³-hybridized carbons (Fsp3) is 0.588. The molecule has 0 aromatic heterocycles. The minimum atomic E-state index is 0.557. The molecule has 1 atom stereocenters. The minimum absolute atomic E-state index is 0.557.